The molecule has 2 amide bonds. The van der Waals surface area contributed by atoms with Gasteiger partial charge in [0.2, 0.25) is 0 Å². The molecule has 1 aliphatic heterocycles. The molecule has 4 fully saturated rings. The molecule has 1 saturated heterocycles. The van der Waals surface area contributed by atoms with Gasteiger partial charge < -0.3 is 4.74 Å². The number of carbonyl (C=O) groups excluding carboxylic acids is 3. The van der Waals surface area contributed by atoms with Crippen LogP contribution in [-0.2, 0) is 19.2 Å². The van der Waals surface area contributed by atoms with Crippen molar-refractivity contribution in [2.75, 3.05) is 0 Å². The van der Waals surface area contributed by atoms with Gasteiger partial charge in [-0.25, -0.2) is 4.79 Å². The minimum absolute atomic E-state index is 0.0975. The normalized spacial score (nSPS) is 33.7. The first-order valence-electron chi connectivity index (χ1n) is 6.88. The molecule has 2 bridgehead atoms. The number of fused-ring (bicyclic) bond motifs is 3. The predicted molar refractivity (Wildman–Crippen MR) is 62.5 cm³/mol. The van der Waals surface area contributed by atoms with Crippen LogP contribution in [0.2, 0.25) is 0 Å². The van der Waals surface area contributed by atoms with Crippen molar-refractivity contribution in [3.63, 3.8) is 0 Å². The Kier molecular flexibility index (Phi) is 3.16. The van der Waals surface area contributed by atoms with Crippen LogP contribution in [0.3, 0.4) is 0 Å². The summed E-state index contributed by atoms with van der Waals surface area (Å²) in [5.41, 5.74) is 0. The second-order valence-corrected chi connectivity index (χ2v) is 5.60. The minimum Gasteiger partial charge on any atom is -0.429 e. The highest BCUT2D eigenvalue weighted by Gasteiger charge is 2.39. The summed E-state index contributed by atoms with van der Waals surface area (Å²) in [6.45, 7) is 0. The van der Waals surface area contributed by atoms with Crippen molar-refractivity contribution in [1.82, 2.24) is 5.06 Å². The number of amides is 2. The lowest BCUT2D eigenvalue weighted by atomic mass is 9.69. The fourth-order valence-electron chi connectivity index (χ4n) is 3.34. The van der Waals surface area contributed by atoms with E-state index in [1.165, 1.54) is 12.8 Å². The number of ether oxygens (including phenoxy) is 1. The molecule has 0 N–H and O–H groups in total. The summed E-state index contributed by atoms with van der Waals surface area (Å²) in [5.74, 6) is 0.0830. The van der Waals surface area contributed by atoms with E-state index in [4.69, 9.17) is 9.57 Å². The first-order valence-corrected chi connectivity index (χ1v) is 6.88. The lowest BCUT2D eigenvalue weighted by Crippen LogP contribution is -2.40. The quantitative estimate of drug-likeness (QED) is 0.563. The lowest BCUT2D eigenvalue weighted by Gasteiger charge is -2.41. The predicted octanol–water partition coefficient (Wildman–Crippen LogP) is 1.78. The van der Waals surface area contributed by atoms with Crippen LogP contribution in [-0.4, -0.2) is 29.1 Å². The Balaban J connectivity index is 1.54. The molecule has 6 nitrogen and oxygen atoms in total. The zero-order chi connectivity index (χ0) is 13.4. The van der Waals surface area contributed by atoms with E-state index < -0.39 is 18.0 Å². The molecule has 3 saturated carbocycles. The van der Waals surface area contributed by atoms with Crippen LogP contribution in [0, 0.1) is 11.8 Å². The molecule has 0 aromatic heterocycles. The number of imide groups is 1. The van der Waals surface area contributed by atoms with Gasteiger partial charge in [-0.05, 0) is 43.9 Å². The van der Waals surface area contributed by atoms with Gasteiger partial charge in [-0.15, -0.1) is 0 Å². The van der Waals surface area contributed by atoms with Crippen LogP contribution in [0.4, 0.5) is 4.79 Å². The number of hydroxylamine groups is 2. The van der Waals surface area contributed by atoms with Gasteiger partial charge in [0.05, 0.1) is 0 Å². The number of hydrogen-bond donors (Lipinski definition) is 0. The molecule has 1 atom stereocenters. The van der Waals surface area contributed by atoms with Crippen molar-refractivity contribution in [2.24, 2.45) is 11.8 Å². The second kappa shape index (κ2) is 4.83. The summed E-state index contributed by atoms with van der Waals surface area (Å²) in [7, 11) is 0. The van der Waals surface area contributed by atoms with Crippen LogP contribution in [0.5, 0.6) is 0 Å². The van der Waals surface area contributed by atoms with E-state index in [0.717, 1.165) is 19.3 Å². The maximum absolute atomic E-state index is 11.6. The van der Waals surface area contributed by atoms with E-state index in [-0.39, 0.29) is 18.9 Å². The first-order chi connectivity index (χ1) is 9.13. The third-order valence-electron chi connectivity index (χ3n) is 4.40. The van der Waals surface area contributed by atoms with Crippen molar-refractivity contribution in [3.05, 3.63) is 0 Å². The molecule has 0 spiro atoms. The molecular formula is C13H17NO5. The molecular weight excluding hydrogens is 250 g/mol. The van der Waals surface area contributed by atoms with Gasteiger partial charge in [-0.2, -0.15) is 0 Å². The molecule has 0 aromatic rings. The van der Waals surface area contributed by atoms with Crippen LogP contribution in [0.25, 0.3) is 0 Å². The second-order valence-electron chi connectivity index (χ2n) is 5.60. The van der Waals surface area contributed by atoms with Crippen molar-refractivity contribution in [2.45, 2.75) is 51.0 Å². The third-order valence-corrected chi connectivity index (χ3v) is 4.40. The Hall–Kier alpha value is -1.59. The molecule has 3 aliphatic carbocycles. The van der Waals surface area contributed by atoms with Crippen molar-refractivity contribution in [3.8, 4) is 0 Å². The van der Waals surface area contributed by atoms with Crippen LogP contribution >= 0.6 is 0 Å². The van der Waals surface area contributed by atoms with Gasteiger partial charge in [-0.1, -0.05) is 5.06 Å². The average Bonchev–Trinajstić information content (AvgIpc) is 2.72. The van der Waals surface area contributed by atoms with Gasteiger partial charge in [0.25, 0.3) is 11.8 Å². The number of carbonyl (C=O) groups is 3. The summed E-state index contributed by atoms with van der Waals surface area (Å²) >= 11 is 0. The van der Waals surface area contributed by atoms with Gasteiger partial charge in [0.1, 0.15) is 6.10 Å². The maximum atomic E-state index is 11.6. The van der Waals surface area contributed by atoms with E-state index in [0.29, 0.717) is 16.9 Å². The van der Waals surface area contributed by atoms with Crippen LogP contribution in [0.15, 0.2) is 0 Å². The zero-order valence-corrected chi connectivity index (χ0v) is 10.7. The molecule has 1 heterocycles. The molecule has 4 rings (SSSR count). The summed E-state index contributed by atoms with van der Waals surface area (Å²) in [5, 5.41) is 0.531. The van der Waals surface area contributed by atoms with Crippen molar-refractivity contribution >= 4 is 18.0 Å². The highest BCUT2D eigenvalue weighted by Crippen LogP contribution is 2.42. The summed E-state index contributed by atoms with van der Waals surface area (Å²) < 4.78 is 5.28. The largest absolute Gasteiger partial charge is 0.534 e. The molecule has 4 aliphatic rings. The topological polar surface area (TPSA) is 72.9 Å². The highest BCUT2D eigenvalue weighted by molar-refractivity contribution is 6.01. The van der Waals surface area contributed by atoms with Gasteiger partial charge in [-0.3, -0.25) is 14.4 Å². The molecule has 104 valence electrons. The first kappa shape index (κ1) is 12.4. The Bertz CT molecular complexity index is 397. The average molecular weight is 267 g/mol. The molecule has 19 heavy (non-hydrogen) atoms. The highest BCUT2D eigenvalue weighted by atomic mass is 16.8. The van der Waals surface area contributed by atoms with Crippen molar-refractivity contribution in [1.29, 1.82) is 0 Å². The Morgan fingerprint density at radius 3 is 2.21 bits per heavy atom. The standard InChI is InChI=1S/C13H17NO5/c15-11-5-6-12(16)14(11)19-13(17)18-10-7-8-1-3-9(10)4-2-8/h8-10H,1-7H2/t8?,9?,10-/m0/s1. The van der Waals surface area contributed by atoms with Crippen molar-refractivity contribution < 1.29 is 24.0 Å². The van der Waals surface area contributed by atoms with Gasteiger partial charge >= 0.3 is 6.16 Å². The smallest absolute Gasteiger partial charge is 0.429 e. The fourth-order valence-corrected chi connectivity index (χ4v) is 3.34. The molecule has 0 aromatic carbocycles. The minimum atomic E-state index is -0.929. The lowest BCUT2D eigenvalue weighted by molar-refractivity contribution is -0.180. The van der Waals surface area contributed by atoms with E-state index in [2.05, 4.69) is 0 Å². The van der Waals surface area contributed by atoms with E-state index >= 15 is 0 Å². The van der Waals surface area contributed by atoms with Gasteiger partial charge in [0, 0.05) is 12.8 Å². The SMILES string of the molecule is O=C(O[C@H]1CC2CCC1CC2)ON1C(=O)CCC1=O. The maximum Gasteiger partial charge on any atom is 0.534 e. The molecule has 6 heteroatoms. The van der Waals surface area contributed by atoms with E-state index in [1.807, 2.05) is 0 Å². The zero-order valence-electron chi connectivity index (χ0n) is 10.7. The fraction of sp³-hybridized carbons (Fsp3) is 0.769. The molecule has 0 radical (unpaired) electrons. The Morgan fingerprint density at radius 1 is 1.05 bits per heavy atom. The Morgan fingerprint density at radius 2 is 1.68 bits per heavy atom. The van der Waals surface area contributed by atoms with Crippen LogP contribution in [0.1, 0.15) is 44.9 Å². The van der Waals surface area contributed by atoms with Gasteiger partial charge in [0.15, 0.2) is 0 Å². The summed E-state index contributed by atoms with van der Waals surface area (Å²) in [4.78, 5) is 39.0. The number of rotatable bonds is 2. The summed E-state index contributed by atoms with van der Waals surface area (Å²) in [6, 6.07) is 0. The monoisotopic (exact) mass is 267 g/mol. The third kappa shape index (κ3) is 2.43. The summed E-state index contributed by atoms with van der Waals surface area (Å²) in [6.07, 6.45) is 4.62. The Labute approximate surface area is 111 Å². The number of hydrogen-bond acceptors (Lipinski definition) is 5. The van der Waals surface area contributed by atoms with E-state index in [9.17, 15) is 14.4 Å². The number of nitrogens with zero attached hydrogens (tertiary/aromatic N) is 1. The van der Waals surface area contributed by atoms with Crippen LogP contribution < -0.4 is 0 Å². The molecule has 0 unspecified atom stereocenters. The van der Waals surface area contributed by atoms with E-state index in [1.54, 1.807) is 0 Å².